The van der Waals surface area contributed by atoms with Gasteiger partial charge in [-0.15, -0.1) is 0 Å². The van der Waals surface area contributed by atoms with Crippen LogP contribution in [0.2, 0.25) is 0 Å². The Morgan fingerprint density at radius 2 is 1.87 bits per heavy atom. The third-order valence-electron chi connectivity index (χ3n) is 4.57. The molecule has 3 aromatic carbocycles. The molecule has 0 bridgehead atoms. The molecular formula is C23H23BrN2O4. The molecule has 0 saturated heterocycles. The molecule has 156 valence electrons. The average Bonchev–Trinajstić information content (AvgIpc) is 2.78. The van der Waals surface area contributed by atoms with E-state index in [0.29, 0.717) is 29.2 Å². The Balaban J connectivity index is 1.72. The molecule has 3 rings (SSSR count). The summed E-state index contributed by atoms with van der Waals surface area (Å²) < 4.78 is 17.4. The molecule has 0 aromatic heterocycles. The third kappa shape index (κ3) is 4.74. The fraction of sp³-hybridized carbons (Fsp3) is 0.217. The lowest BCUT2D eigenvalue weighted by molar-refractivity contribution is -0.128. The number of halogens is 1. The van der Waals surface area contributed by atoms with E-state index in [0.717, 1.165) is 15.2 Å². The number of para-hydroxylation sites is 1. The van der Waals surface area contributed by atoms with Gasteiger partial charge in [0.05, 0.1) is 24.9 Å². The molecule has 0 spiro atoms. The molecule has 0 aliphatic rings. The lowest BCUT2D eigenvalue weighted by Crippen LogP contribution is -2.35. The summed E-state index contributed by atoms with van der Waals surface area (Å²) in [4.78, 5) is 12.6. The van der Waals surface area contributed by atoms with E-state index in [-0.39, 0.29) is 5.91 Å². The topological polar surface area (TPSA) is 69.2 Å². The summed E-state index contributed by atoms with van der Waals surface area (Å²) in [6, 6.07) is 17.2. The summed E-state index contributed by atoms with van der Waals surface area (Å²) in [5.74, 6) is 1.40. The Hall–Kier alpha value is -3.06. The summed E-state index contributed by atoms with van der Waals surface area (Å²) in [6.07, 6.45) is 1.31. The zero-order valence-corrected chi connectivity index (χ0v) is 18.6. The maximum atomic E-state index is 12.6. The van der Waals surface area contributed by atoms with Crippen LogP contribution in [-0.2, 0) is 4.79 Å². The van der Waals surface area contributed by atoms with E-state index in [4.69, 9.17) is 14.2 Å². The second-order valence-corrected chi connectivity index (χ2v) is 7.22. The van der Waals surface area contributed by atoms with Crippen molar-refractivity contribution in [3.8, 4) is 17.2 Å². The minimum Gasteiger partial charge on any atom is -0.493 e. The molecule has 0 saturated carbocycles. The van der Waals surface area contributed by atoms with Gasteiger partial charge in [-0.1, -0.05) is 43.3 Å². The number of amides is 1. The average molecular weight is 471 g/mol. The van der Waals surface area contributed by atoms with Crippen molar-refractivity contribution in [2.45, 2.75) is 19.4 Å². The van der Waals surface area contributed by atoms with Crippen LogP contribution in [0.25, 0.3) is 10.8 Å². The number of benzene rings is 3. The van der Waals surface area contributed by atoms with E-state index in [1.165, 1.54) is 6.21 Å². The monoisotopic (exact) mass is 470 g/mol. The van der Waals surface area contributed by atoms with Gasteiger partial charge in [-0.05, 0) is 51.3 Å². The van der Waals surface area contributed by atoms with Crippen molar-refractivity contribution in [3.05, 3.63) is 64.6 Å². The molecule has 1 atom stereocenters. The van der Waals surface area contributed by atoms with Gasteiger partial charge in [0, 0.05) is 5.56 Å². The first kappa shape index (κ1) is 21.6. The van der Waals surface area contributed by atoms with Crippen LogP contribution in [0.5, 0.6) is 17.2 Å². The van der Waals surface area contributed by atoms with E-state index >= 15 is 0 Å². The van der Waals surface area contributed by atoms with Gasteiger partial charge >= 0.3 is 0 Å². The van der Waals surface area contributed by atoms with Crippen LogP contribution in [0.15, 0.2) is 64.2 Å². The molecule has 0 radical (unpaired) electrons. The number of ether oxygens (including phenoxy) is 3. The number of carbonyl (C=O) groups is 1. The fourth-order valence-corrected chi connectivity index (χ4v) is 3.62. The molecule has 1 N–H and O–H groups in total. The quantitative estimate of drug-likeness (QED) is 0.374. The smallest absolute Gasteiger partial charge is 0.281 e. The number of rotatable bonds is 8. The van der Waals surface area contributed by atoms with Gasteiger partial charge in [0.15, 0.2) is 17.6 Å². The highest BCUT2D eigenvalue weighted by Gasteiger charge is 2.20. The van der Waals surface area contributed by atoms with Crippen LogP contribution < -0.4 is 19.6 Å². The lowest BCUT2D eigenvalue weighted by Gasteiger charge is -2.17. The fourth-order valence-electron chi connectivity index (χ4n) is 3.03. The van der Waals surface area contributed by atoms with Gasteiger partial charge in [0.25, 0.3) is 5.91 Å². The van der Waals surface area contributed by atoms with E-state index < -0.39 is 6.10 Å². The number of fused-ring (bicyclic) bond motifs is 1. The second-order valence-electron chi connectivity index (χ2n) is 6.43. The summed E-state index contributed by atoms with van der Waals surface area (Å²) in [5, 5.41) is 6.17. The van der Waals surface area contributed by atoms with E-state index in [1.54, 1.807) is 20.3 Å². The van der Waals surface area contributed by atoms with Crippen molar-refractivity contribution in [1.29, 1.82) is 0 Å². The lowest BCUT2D eigenvalue weighted by atomic mass is 10.1. The molecule has 3 aromatic rings. The SMILES string of the molecule is CC[C@H](Oc1ccc2ccccc2c1Br)C(=O)N/N=C\c1cccc(OC)c1OC. The Labute approximate surface area is 184 Å². The number of nitrogens with zero attached hydrogens (tertiary/aromatic N) is 1. The van der Waals surface area contributed by atoms with Crippen molar-refractivity contribution in [3.63, 3.8) is 0 Å². The summed E-state index contributed by atoms with van der Waals surface area (Å²) in [6.45, 7) is 1.88. The van der Waals surface area contributed by atoms with Crippen molar-refractivity contribution >= 4 is 38.8 Å². The number of hydrogen-bond acceptors (Lipinski definition) is 5. The zero-order chi connectivity index (χ0) is 21.5. The van der Waals surface area contributed by atoms with Gasteiger partial charge in [0.1, 0.15) is 5.75 Å². The zero-order valence-electron chi connectivity index (χ0n) is 17.0. The molecule has 0 heterocycles. The van der Waals surface area contributed by atoms with E-state index in [1.807, 2.05) is 55.5 Å². The molecule has 0 unspecified atom stereocenters. The molecule has 0 fully saturated rings. The Kier molecular flexibility index (Phi) is 7.30. The highest BCUT2D eigenvalue weighted by Crippen LogP contribution is 2.34. The predicted molar refractivity (Wildman–Crippen MR) is 122 cm³/mol. The van der Waals surface area contributed by atoms with Crippen molar-refractivity contribution in [1.82, 2.24) is 5.43 Å². The molecule has 6 nitrogen and oxygen atoms in total. The molecular weight excluding hydrogens is 448 g/mol. The Morgan fingerprint density at radius 3 is 2.60 bits per heavy atom. The van der Waals surface area contributed by atoms with Crippen molar-refractivity contribution in [2.24, 2.45) is 5.10 Å². The normalized spacial score (nSPS) is 12.0. The first-order valence-electron chi connectivity index (χ1n) is 9.46. The number of hydrazone groups is 1. The third-order valence-corrected chi connectivity index (χ3v) is 5.39. The second kappa shape index (κ2) is 10.1. The maximum Gasteiger partial charge on any atom is 0.281 e. The molecule has 1 amide bonds. The molecule has 0 aliphatic carbocycles. The molecule has 30 heavy (non-hydrogen) atoms. The van der Waals surface area contributed by atoms with Gasteiger partial charge in [-0.25, -0.2) is 5.43 Å². The highest BCUT2D eigenvalue weighted by molar-refractivity contribution is 9.10. The van der Waals surface area contributed by atoms with Crippen LogP contribution in [-0.4, -0.2) is 32.4 Å². The number of nitrogens with one attached hydrogen (secondary N) is 1. The minimum absolute atomic E-state index is 0.337. The van der Waals surface area contributed by atoms with Gasteiger partial charge in [-0.3, -0.25) is 4.79 Å². The Morgan fingerprint density at radius 1 is 1.07 bits per heavy atom. The van der Waals surface area contributed by atoms with E-state index in [9.17, 15) is 4.79 Å². The predicted octanol–water partition coefficient (Wildman–Crippen LogP) is 4.93. The first-order valence-corrected chi connectivity index (χ1v) is 10.3. The van der Waals surface area contributed by atoms with Gasteiger partial charge in [-0.2, -0.15) is 5.10 Å². The molecule has 0 aliphatic heterocycles. The standard InChI is InChI=1S/C23H23BrN2O4/c1-4-18(30-19-13-12-15-8-5-6-10-17(15)21(19)24)23(27)26-25-14-16-9-7-11-20(28-2)22(16)29-3/h5-14,18H,4H2,1-3H3,(H,26,27)/b25-14-/t18-/m0/s1. The van der Waals surface area contributed by atoms with Crippen LogP contribution in [0.1, 0.15) is 18.9 Å². The number of hydrogen-bond donors (Lipinski definition) is 1. The number of carbonyl (C=O) groups excluding carboxylic acids is 1. The van der Waals surface area contributed by atoms with Gasteiger partial charge < -0.3 is 14.2 Å². The summed E-state index contributed by atoms with van der Waals surface area (Å²) >= 11 is 3.59. The first-order chi connectivity index (χ1) is 14.6. The van der Waals surface area contributed by atoms with Crippen molar-refractivity contribution in [2.75, 3.05) is 14.2 Å². The number of methoxy groups -OCH3 is 2. The maximum absolute atomic E-state index is 12.6. The van der Waals surface area contributed by atoms with Crippen LogP contribution in [0, 0.1) is 0 Å². The molecule has 7 heteroatoms. The van der Waals surface area contributed by atoms with Crippen LogP contribution in [0.4, 0.5) is 0 Å². The largest absolute Gasteiger partial charge is 0.493 e. The summed E-state index contributed by atoms with van der Waals surface area (Å²) in [7, 11) is 3.12. The highest BCUT2D eigenvalue weighted by atomic mass is 79.9. The van der Waals surface area contributed by atoms with Crippen LogP contribution in [0.3, 0.4) is 0 Å². The van der Waals surface area contributed by atoms with Crippen molar-refractivity contribution < 1.29 is 19.0 Å². The Bertz CT molecular complexity index is 1070. The minimum atomic E-state index is -0.688. The van der Waals surface area contributed by atoms with Crippen LogP contribution >= 0.6 is 15.9 Å². The van der Waals surface area contributed by atoms with Gasteiger partial charge in [0.2, 0.25) is 0 Å². The van der Waals surface area contributed by atoms with E-state index in [2.05, 4.69) is 26.5 Å². The summed E-state index contributed by atoms with van der Waals surface area (Å²) in [5.41, 5.74) is 3.23.